The number of hydrogen-bond acceptors (Lipinski definition) is 2. The molecule has 1 heterocycles. The lowest BCUT2D eigenvalue weighted by Crippen LogP contribution is -2.44. The Hall–Kier alpha value is -1.35. The van der Waals surface area contributed by atoms with Gasteiger partial charge in [-0.3, -0.25) is 10.1 Å². The molecule has 0 radical (unpaired) electrons. The fourth-order valence-corrected chi connectivity index (χ4v) is 3.50. The van der Waals surface area contributed by atoms with Crippen LogP contribution in [0.5, 0.6) is 0 Å². The van der Waals surface area contributed by atoms with Gasteiger partial charge in [-0.15, -0.1) is 0 Å². The average Bonchev–Trinajstić information content (AvgIpc) is 3.02. The van der Waals surface area contributed by atoms with Crippen LogP contribution < -0.4 is 5.32 Å². The number of benzene rings is 1. The first-order chi connectivity index (χ1) is 9.27. The van der Waals surface area contributed by atoms with E-state index in [9.17, 15) is 4.79 Å². The topological polar surface area (TPSA) is 32.3 Å². The van der Waals surface area contributed by atoms with E-state index < -0.39 is 0 Å². The Morgan fingerprint density at radius 2 is 1.95 bits per heavy atom. The van der Waals surface area contributed by atoms with Gasteiger partial charge in [-0.2, -0.15) is 0 Å². The quantitative estimate of drug-likeness (QED) is 0.904. The van der Waals surface area contributed by atoms with E-state index in [1.807, 2.05) is 23.1 Å². The zero-order chi connectivity index (χ0) is 13.3. The molecule has 0 bridgehead atoms. The molecule has 19 heavy (non-hydrogen) atoms. The van der Waals surface area contributed by atoms with Gasteiger partial charge in [-0.05, 0) is 24.8 Å². The van der Waals surface area contributed by atoms with Crippen LogP contribution in [0.15, 0.2) is 30.3 Å². The van der Waals surface area contributed by atoms with E-state index in [0.29, 0.717) is 5.91 Å². The minimum atomic E-state index is -0.268. The lowest BCUT2D eigenvalue weighted by atomic mass is 9.98. The van der Waals surface area contributed by atoms with Crippen LogP contribution in [0.25, 0.3) is 0 Å². The van der Waals surface area contributed by atoms with Gasteiger partial charge in [-0.25, -0.2) is 0 Å². The summed E-state index contributed by atoms with van der Waals surface area (Å²) in [6.45, 7) is 2.97. The Bertz CT molecular complexity index is 451. The maximum atomic E-state index is 12.8. The number of carbonyl (C=O) groups excluding carboxylic acids is 1. The van der Waals surface area contributed by atoms with Crippen molar-refractivity contribution in [1.29, 1.82) is 0 Å². The SMILES string of the molecule is CCCN1C(=O)C2(CCCC2)NC1c1ccccc1. The zero-order valence-electron chi connectivity index (χ0n) is 11.6. The molecule has 1 aromatic carbocycles. The van der Waals surface area contributed by atoms with Gasteiger partial charge in [0, 0.05) is 6.54 Å². The minimum absolute atomic E-state index is 0.0618. The number of amides is 1. The summed E-state index contributed by atoms with van der Waals surface area (Å²) in [7, 11) is 0. The summed E-state index contributed by atoms with van der Waals surface area (Å²) in [4.78, 5) is 14.8. The number of hydrogen-bond donors (Lipinski definition) is 1. The van der Waals surface area contributed by atoms with E-state index in [0.717, 1.165) is 25.8 Å². The number of nitrogens with one attached hydrogen (secondary N) is 1. The van der Waals surface area contributed by atoms with Crippen LogP contribution in [0.2, 0.25) is 0 Å². The first-order valence-corrected chi connectivity index (χ1v) is 7.40. The predicted octanol–water partition coefficient (Wildman–Crippen LogP) is 2.84. The van der Waals surface area contributed by atoms with Gasteiger partial charge >= 0.3 is 0 Å². The van der Waals surface area contributed by atoms with Crippen LogP contribution in [0.1, 0.15) is 50.8 Å². The molecule has 0 aromatic heterocycles. The highest BCUT2D eigenvalue weighted by Gasteiger charge is 2.52. The number of carbonyl (C=O) groups is 1. The smallest absolute Gasteiger partial charge is 0.244 e. The van der Waals surface area contributed by atoms with Crippen molar-refractivity contribution >= 4 is 5.91 Å². The summed E-state index contributed by atoms with van der Waals surface area (Å²) in [6.07, 6.45) is 5.39. The summed E-state index contributed by atoms with van der Waals surface area (Å²) in [5.41, 5.74) is 0.934. The van der Waals surface area contributed by atoms with E-state index in [1.165, 1.54) is 18.4 Å². The largest absolute Gasteiger partial charge is 0.321 e. The predicted molar refractivity (Wildman–Crippen MR) is 75.5 cm³/mol. The molecule has 2 fully saturated rings. The first-order valence-electron chi connectivity index (χ1n) is 7.40. The fourth-order valence-electron chi connectivity index (χ4n) is 3.50. The summed E-state index contributed by atoms with van der Waals surface area (Å²) >= 11 is 0. The van der Waals surface area contributed by atoms with Crippen LogP contribution in [-0.4, -0.2) is 22.9 Å². The van der Waals surface area contributed by atoms with Gasteiger partial charge in [0.15, 0.2) is 0 Å². The fraction of sp³-hybridized carbons (Fsp3) is 0.562. The molecule has 1 aliphatic heterocycles. The van der Waals surface area contributed by atoms with Crippen LogP contribution in [-0.2, 0) is 4.79 Å². The monoisotopic (exact) mass is 258 g/mol. The Balaban J connectivity index is 1.92. The van der Waals surface area contributed by atoms with E-state index >= 15 is 0 Å². The lowest BCUT2D eigenvalue weighted by molar-refractivity contribution is -0.133. The van der Waals surface area contributed by atoms with Crippen LogP contribution in [0, 0.1) is 0 Å². The van der Waals surface area contributed by atoms with Gasteiger partial charge in [0.05, 0.1) is 5.54 Å². The van der Waals surface area contributed by atoms with Crippen LogP contribution in [0.3, 0.4) is 0 Å². The van der Waals surface area contributed by atoms with E-state index in [1.54, 1.807) is 0 Å². The highest BCUT2D eigenvalue weighted by atomic mass is 16.2. The molecular weight excluding hydrogens is 236 g/mol. The molecule has 1 amide bonds. The Labute approximate surface area is 115 Å². The normalized spacial score (nSPS) is 25.4. The molecule has 1 spiro atoms. The Kier molecular flexibility index (Phi) is 3.31. The molecule has 1 aliphatic carbocycles. The number of nitrogens with zero attached hydrogens (tertiary/aromatic N) is 1. The second-order valence-electron chi connectivity index (χ2n) is 5.75. The van der Waals surface area contributed by atoms with Crippen molar-refractivity contribution in [3.63, 3.8) is 0 Å². The standard InChI is InChI=1S/C16H22N2O/c1-2-12-18-14(13-8-4-3-5-9-13)17-16(15(18)19)10-6-7-11-16/h3-5,8-9,14,17H,2,6-7,10-12H2,1H3. The molecule has 1 atom stereocenters. The van der Waals surface area contributed by atoms with Gasteiger partial charge in [0.25, 0.3) is 0 Å². The Morgan fingerprint density at radius 3 is 2.58 bits per heavy atom. The van der Waals surface area contributed by atoms with Crippen molar-refractivity contribution in [3.05, 3.63) is 35.9 Å². The van der Waals surface area contributed by atoms with Crippen LogP contribution >= 0.6 is 0 Å². The highest BCUT2D eigenvalue weighted by Crippen LogP contribution is 2.40. The lowest BCUT2D eigenvalue weighted by Gasteiger charge is -2.23. The number of rotatable bonds is 3. The maximum Gasteiger partial charge on any atom is 0.244 e. The molecule has 1 unspecified atom stereocenters. The van der Waals surface area contributed by atoms with Crippen LogP contribution in [0.4, 0.5) is 0 Å². The van der Waals surface area contributed by atoms with Crippen molar-refractivity contribution in [2.75, 3.05) is 6.54 Å². The first kappa shape index (κ1) is 12.7. The van der Waals surface area contributed by atoms with Gasteiger partial charge in [-0.1, -0.05) is 50.1 Å². The van der Waals surface area contributed by atoms with Crippen molar-refractivity contribution in [3.8, 4) is 0 Å². The second-order valence-corrected chi connectivity index (χ2v) is 5.75. The van der Waals surface area contributed by atoms with Gasteiger partial charge in [0.1, 0.15) is 6.17 Å². The van der Waals surface area contributed by atoms with Crippen molar-refractivity contribution in [2.24, 2.45) is 0 Å². The van der Waals surface area contributed by atoms with Crippen molar-refractivity contribution in [1.82, 2.24) is 10.2 Å². The van der Waals surface area contributed by atoms with E-state index in [4.69, 9.17) is 0 Å². The molecule has 1 saturated heterocycles. The molecule has 3 nitrogen and oxygen atoms in total. The minimum Gasteiger partial charge on any atom is -0.321 e. The summed E-state index contributed by atoms with van der Waals surface area (Å²) in [6, 6.07) is 10.3. The van der Waals surface area contributed by atoms with Gasteiger partial charge in [0.2, 0.25) is 5.91 Å². The average molecular weight is 258 g/mol. The molecule has 1 aromatic rings. The van der Waals surface area contributed by atoms with E-state index in [2.05, 4.69) is 24.4 Å². The second kappa shape index (κ2) is 4.97. The third-order valence-electron chi connectivity index (χ3n) is 4.43. The van der Waals surface area contributed by atoms with Gasteiger partial charge < -0.3 is 4.90 Å². The molecule has 3 heteroatoms. The molecular formula is C16H22N2O. The third kappa shape index (κ3) is 2.06. The molecule has 3 rings (SSSR count). The summed E-state index contributed by atoms with van der Waals surface area (Å²) in [5, 5.41) is 3.64. The molecule has 102 valence electrons. The summed E-state index contributed by atoms with van der Waals surface area (Å²) in [5.74, 6) is 0.320. The van der Waals surface area contributed by atoms with E-state index in [-0.39, 0.29) is 11.7 Å². The third-order valence-corrected chi connectivity index (χ3v) is 4.43. The molecule has 1 saturated carbocycles. The summed E-state index contributed by atoms with van der Waals surface area (Å²) < 4.78 is 0. The van der Waals surface area contributed by atoms with Crippen molar-refractivity contribution < 1.29 is 4.79 Å². The maximum absolute atomic E-state index is 12.8. The zero-order valence-corrected chi connectivity index (χ0v) is 11.6. The molecule has 2 aliphatic rings. The highest BCUT2D eigenvalue weighted by molar-refractivity contribution is 5.89. The molecule has 1 N–H and O–H groups in total. The van der Waals surface area contributed by atoms with Crippen molar-refractivity contribution in [2.45, 2.75) is 50.7 Å². The Morgan fingerprint density at radius 1 is 1.26 bits per heavy atom.